The quantitative estimate of drug-likeness (QED) is 0.772. The number of benzene rings is 1. The molecule has 0 spiro atoms. The van der Waals surface area contributed by atoms with Crippen LogP contribution in [-0.2, 0) is 0 Å². The van der Waals surface area contributed by atoms with Gasteiger partial charge in [-0.25, -0.2) is 4.98 Å². The molecule has 0 fully saturated rings. The second-order valence-corrected chi connectivity index (χ2v) is 4.74. The van der Waals surface area contributed by atoms with Gasteiger partial charge in [-0.15, -0.1) is 11.3 Å². The van der Waals surface area contributed by atoms with Crippen molar-refractivity contribution in [2.45, 2.75) is 0 Å². The SMILES string of the molecule is N#Cc1nc(-c2ccccc2Cl)sc1Cl. The summed E-state index contributed by atoms with van der Waals surface area (Å²) in [6, 6.07) is 9.25. The van der Waals surface area contributed by atoms with Crippen molar-refractivity contribution in [1.82, 2.24) is 4.98 Å². The first-order valence-electron chi connectivity index (χ1n) is 4.03. The highest BCUT2D eigenvalue weighted by Crippen LogP contribution is 2.34. The Morgan fingerprint density at radius 2 is 2.00 bits per heavy atom. The molecule has 0 atom stereocenters. The molecule has 5 heteroatoms. The summed E-state index contributed by atoms with van der Waals surface area (Å²) in [7, 11) is 0. The van der Waals surface area contributed by atoms with Crippen LogP contribution in [0.1, 0.15) is 5.69 Å². The Morgan fingerprint density at radius 1 is 1.27 bits per heavy atom. The van der Waals surface area contributed by atoms with Gasteiger partial charge < -0.3 is 0 Å². The first kappa shape index (κ1) is 10.4. The highest BCUT2D eigenvalue weighted by Gasteiger charge is 2.12. The number of nitriles is 1. The first-order chi connectivity index (χ1) is 7.22. The lowest BCUT2D eigenvalue weighted by Gasteiger charge is -1.97. The maximum atomic E-state index is 8.72. The minimum atomic E-state index is 0.247. The van der Waals surface area contributed by atoms with Crippen LogP contribution in [-0.4, -0.2) is 4.98 Å². The van der Waals surface area contributed by atoms with E-state index in [1.165, 1.54) is 11.3 Å². The molecule has 1 aromatic carbocycles. The largest absolute Gasteiger partial charge is 0.224 e. The smallest absolute Gasteiger partial charge is 0.170 e. The molecule has 0 unspecified atom stereocenters. The molecular weight excluding hydrogens is 251 g/mol. The van der Waals surface area contributed by atoms with Crippen LogP contribution in [0.3, 0.4) is 0 Å². The molecule has 2 rings (SSSR count). The van der Waals surface area contributed by atoms with Crippen molar-refractivity contribution >= 4 is 34.5 Å². The topological polar surface area (TPSA) is 36.7 Å². The molecule has 1 aromatic heterocycles. The van der Waals surface area contributed by atoms with Crippen molar-refractivity contribution in [3.63, 3.8) is 0 Å². The molecule has 0 N–H and O–H groups in total. The molecule has 0 saturated heterocycles. The highest BCUT2D eigenvalue weighted by molar-refractivity contribution is 7.19. The summed E-state index contributed by atoms with van der Waals surface area (Å²) in [5, 5.41) is 10.00. The van der Waals surface area contributed by atoms with Crippen molar-refractivity contribution in [3.05, 3.63) is 39.3 Å². The molecule has 0 aliphatic carbocycles. The van der Waals surface area contributed by atoms with Crippen LogP contribution in [0.25, 0.3) is 10.6 Å². The van der Waals surface area contributed by atoms with Crippen LogP contribution in [0.2, 0.25) is 9.36 Å². The van der Waals surface area contributed by atoms with Gasteiger partial charge in [0.1, 0.15) is 15.4 Å². The van der Waals surface area contributed by atoms with Gasteiger partial charge in [0, 0.05) is 5.56 Å². The van der Waals surface area contributed by atoms with Gasteiger partial charge in [0.25, 0.3) is 0 Å². The van der Waals surface area contributed by atoms with E-state index in [2.05, 4.69) is 4.98 Å². The lowest BCUT2D eigenvalue weighted by molar-refractivity contribution is 1.33. The maximum absolute atomic E-state index is 8.72. The average Bonchev–Trinajstić information content (AvgIpc) is 2.60. The van der Waals surface area contributed by atoms with Crippen LogP contribution in [0.4, 0.5) is 0 Å². The fourth-order valence-electron chi connectivity index (χ4n) is 1.12. The number of aromatic nitrogens is 1. The summed E-state index contributed by atoms with van der Waals surface area (Å²) in [5.74, 6) is 0. The molecule has 2 nitrogen and oxygen atoms in total. The Hall–Kier alpha value is -1.08. The number of hydrogen-bond acceptors (Lipinski definition) is 3. The van der Waals surface area contributed by atoms with Gasteiger partial charge in [-0.05, 0) is 6.07 Å². The van der Waals surface area contributed by atoms with Crippen molar-refractivity contribution in [3.8, 4) is 16.6 Å². The van der Waals surface area contributed by atoms with Gasteiger partial charge in [-0.3, -0.25) is 0 Å². The molecule has 15 heavy (non-hydrogen) atoms. The zero-order chi connectivity index (χ0) is 10.8. The van der Waals surface area contributed by atoms with Crippen molar-refractivity contribution in [1.29, 1.82) is 5.26 Å². The Labute approximate surface area is 101 Å². The molecule has 74 valence electrons. The van der Waals surface area contributed by atoms with Crippen molar-refractivity contribution in [2.24, 2.45) is 0 Å². The Bertz CT molecular complexity index is 543. The predicted molar refractivity (Wildman–Crippen MR) is 62.3 cm³/mol. The van der Waals surface area contributed by atoms with Gasteiger partial charge in [0.15, 0.2) is 5.69 Å². The highest BCUT2D eigenvalue weighted by atomic mass is 35.5. The second kappa shape index (κ2) is 4.19. The van der Waals surface area contributed by atoms with E-state index in [1.54, 1.807) is 6.07 Å². The van der Waals surface area contributed by atoms with E-state index in [9.17, 15) is 0 Å². The van der Waals surface area contributed by atoms with E-state index >= 15 is 0 Å². The third kappa shape index (κ3) is 1.98. The lowest BCUT2D eigenvalue weighted by Crippen LogP contribution is -1.78. The van der Waals surface area contributed by atoms with Gasteiger partial charge >= 0.3 is 0 Å². The summed E-state index contributed by atoms with van der Waals surface area (Å²) in [6.45, 7) is 0. The fourth-order valence-corrected chi connectivity index (χ4v) is 2.49. The predicted octanol–water partition coefficient (Wildman–Crippen LogP) is 3.99. The van der Waals surface area contributed by atoms with Gasteiger partial charge in [-0.2, -0.15) is 5.26 Å². The molecular formula is C10H4Cl2N2S. The third-order valence-electron chi connectivity index (χ3n) is 1.80. The summed E-state index contributed by atoms with van der Waals surface area (Å²) in [4.78, 5) is 4.10. The average molecular weight is 255 g/mol. The number of rotatable bonds is 1. The molecule has 0 radical (unpaired) electrons. The second-order valence-electron chi connectivity index (χ2n) is 2.73. The zero-order valence-corrected chi connectivity index (χ0v) is 9.70. The van der Waals surface area contributed by atoms with Crippen LogP contribution in [0.5, 0.6) is 0 Å². The van der Waals surface area contributed by atoms with E-state index in [4.69, 9.17) is 28.5 Å². The standard InChI is InChI=1S/C10H4Cl2N2S/c11-7-4-2-1-3-6(7)10-14-8(5-13)9(12)15-10/h1-4H. The van der Waals surface area contributed by atoms with Crippen LogP contribution < -0.4 is 0 Å². The number of thiazole rings is 1. The molecule has 1 heterocycles. The molecule has 2 aromatic rings. The van der Waals surface area contributed by atoms with E-state index in [-0.39, 0.29) is 5.69 Å². The van der Waals surface area contributed by atoms with E-state index < -0.39 is 0 Å². The number of nitrogens with zero attached hydrogens (tertiary/aromatic N) is 2. The van der Waals surface area contributed by atoms with E-state index in [0.29, 0.717) is 14.4 Å². The summed E-state index contributed by atoms with van der Waals surface area (Å²) >= 11 is 13.1. The zero-order valence-electron chi connectivity index (χ0n) is 7.37. The molecule has 0 aliphatic heterocycles. The minimum absolute atomic E-state index is 0.247. The monoisotopic (exact) mass is 254 g/mol. The van der Waals surface area contributed by atoms with E-state index in [1.807, 2.05) is 24.3 Å². The first-order valence-corrected chi connectivity index (χ1v) is 5.61. The molecule has 0 saturated carbocycles. The Balaban J connectivity index is 2.56. The van der Waals surface area contributed by atoms with Crippen molar-refractivity contribution < 1.29 is 0 Å². The number of hydrogen-bond donors (Lipinski definition) is 0. The van der Waals surface area contributed by atoms with Crippen LogP contribution >= 0.6 is 34.5 Å². The van der Waals surface area contributed by atoms with Gasteiger partial charge in [0.05, 0.1) is 5.02 Å². The normalized spacial score (nSPS) is 9.93. The summed E-state index contributed by atoms with van der Waals surface area (Å²) in [6.07, 6.45) is 0. The van der Waals surface area contributed by atoms with Gasteiger partial charge in [0.2, 0.25) is 0 Å². The lowest BCUT2D eigenvalue weighted by atomic mass is 10.2. The fraction of sp³-hybridized carbons (Fsp3) is 0. The van der Waals surface area contributed by atoms with Crippen LogP contribution in [0.15, 0.2) is 24.3 Å². The number of halogens is 2. The molecule has 0 bridgehead atoms. The Morgan fingerprint density at radius 3 is 2.60 bits per heavy atom. The van der Waals surface area contributed by atoms with E-state index in [0.717, 1.165) is 5.56 Å². The third-order valence-corrected chi connectivity index (χ3v) is 3.41. The maximum Gasteiger partial charge on any atom is 0.170 e. The summed E-state index contributed by atoms with van der Waals surface area (Å²) < 4.78 is 0.396. The van der Waals surface area contributed by atoms with Gasteiger partial charge in [-0.1, -0.05) is 41.4 Å². The van der Waals surface area contributed by atoms with Crippen LogP contribution in [0, 0.1) is 11.3 Å². The van der Waals surface area contributed by atoms with Crippen molar-refractivity contribution in [2.75, 3.05) is 0 Å². The molecule has 0 aliphatic rings. The minimum Gasteiger partial charge on any atom is -0.224 e. The molecule has 0 amide bonds. The summed E-state index contributed by atoms with van der Waals surface area (Å²) in [5.41, 5.74) is 1.05. The Kier molecular flexibility index (Phi) is 2.92.